The van der Waals surface area contributed by atoms with Crippen molar-refractivity contribution in [3.05, 3.63) is 29.3 Å². The number of hydroxylamine groups is 1. The van der Waals surface area contributed by atoms with Crippen molar-refractivity contribution in [3.63, 3.8) is 0 Å². The first-order valence-corrected chi connectivity index (χ1v) is 4.37. The molecule has 1 aromatic carbocycles. The summed E-state index contributed by atoms with van der Waals surface area (Å²) >= 11 is 5.90. The van der Waals surface area contributed by atoms with Crippen molar-refractivity contribution in [1.82, 2.24) is 0 Å². The van der Waals surface area contributed by atoms with Crippen LogP contribution in [0.4, 0.5) is 5.69 Å². The van der Waals surface area contributed by atoms with Crippen LogP contribution in [-0.4, -0.2) is 12.5 Å². The van der Waals surface area contributed by atoms with Gasteiger partial charge in [0.15, 0.2) is 0 Å². The molecule has 0 aliphatic carbocycles. The molecule has 1 saturated heterocycles. The van der Waals surface area contributed by atoms with Crippen molar-refractivity contribution in [1.29, 1.82) is 0 Å². The molecule has 0 aromatic heterocycles. The molecule has 0 radical (unpaired) electrons. The van der Waals surface area contributed by atoms with Gasteiger partial charge in [0.05, 0.1) is 23.7 Å². The molecule has 2 rings (SSSR count). The number of anilines is 1. The summed E-state index contributed by atoms with van der Waals surface area (Å²) < 4.78 is 0. The predicted octanol–water partition coefficient (Wildman–Crippen LogP) is 2.01. The van der Waals surface area contributed by atoms with Crippen LogP contribution >= 0.6 is 11.6 Å². The molecule has 0 saturated carbocycles. The molecular weight excluding hydrogens is 190 g/mol. The van der Waals surface area contributed by atoms with Gasteiger partial charge in [0.2, 0.25) is 0 Å². The van der Waals surface area contributed by atoms with E-state index in [4.69, 9.17) is 16.4 Å². The highest BCUT2D eigenvalue weighted by Crippen LogP contribution is 2.27. The predicted molar refractivity (Wildman–Crippen MR) is 49.5 cm³/mol. The van der Waals surface area contributed by atoms with E-state index in [1.165, 1.54) is 5.06 Å². The maximum atomic E-state index is 11.3. The fourth-order valence-electron chi connectivity index (χ4n) is 1.22. The van der Waals surface area contributed by atoms with Crippen molar-refractivity contribution in [2.24, 2.45) is 0 Å². The van der Waals surface area contributed by atoms with Gasteiger partial charge in [-0.25, -0.2) is 0 Å². The van der Waals surface area contributed by atoms with E-state index in [-0.39, 0.29) is 5.91 Å². The summed E-state index contributed by atoms with van der Waals surface area (Å²) in [6, 6.07) is 7.11. The number of para-hydroxylation sites is 1. The fourth-order valence-corrected chi connectivity index (χ4v) is 1.43. The van der Waals surface area contributed by atoms with Gasteiger partial charge >= 0.3 is 0 Å². The SMILES string of the molecule is O=C1CCON1c1ccccc1Cl. The molecular formula is C9H8ClNO2. The number of halogens is 1. The maximum Gasteiger partial charge on any atom is 0.253 e. The zero-order chi connectivity index (χ0) is 9.26. The van der Waals surface area contributed by atoms with E-state index in [0.29, 0.717) is 23.7 Å². The van der Waals surface area contributed by atoms with E-state index < -0.39 is 0 Å². The summed E-state index contributed by atoms with van der Waals surface area (Å²) in [4.78, 5) is 16.4. The number of carbonyl (C=O) groups is 1. The Morgan fingerprint density at radius 1 is 1.38 bits per heavy atom. The van der Waals surface area contributed by atoms with Gasteiger partial charge in [-0.05, 0) is 12.1 Å². The Hall–Kier alpha value is -1.06. The van der Waals surface area contributed by atoms with Gasteiger partial charge in [0.1, 0.15) is 0 Å². The standard InChI is InChI=1S/C9H8ClNO2/c10-7-3-1-2-4-8(7)11-9(12)5-6-13-11/h1-4H,5-6H2. The average molecular weight is 198 g/mol. The summed E-state index contributed by atoms with van der Waals surface area (Å²) in [5, 5.41) is 1.78. The minimum atomic E-state index is -0.0481. The van der Waals surface area contributed by atoms with E-state index in [1.807, 2.05) is 12.1 Å². The molecule has 1 amide bonds. The first kappa shape index (κ1) is 8.53. The number of benzene rings is 1. The Balaban J connectivity index is 2.34. The minimum Gasteiger partial charge on any atom is -0.272 e. The van der Waals surface area contributed by atoms with Crippen LogP contribution in [0.5, 0.6) is 0 Å². The van der Waals surface area contributed by atoms with Crippen LogP contribution < -0.4 is 5.06 Å². The Kier molecular flexibility index (Phi) is 2.20. The molecule has 0 atom stereocenters. The molecule has 1 heterocycles. The zero-order valence-electron chi connectivity index (χ0n) is 6.87. The molecule has 3 nitrogen and oxygen atoms in total. The second kappa shape index (κ2) is 3.36. The van der Waals surface area contributed by atoms with Crippen molar-refractivity contribution >= 4 is 23.2 Å². The highest BCUT2D eigenvalue weighted by Gasteiger charge is 2.24. The van der Waals surface area contributed by atoms with Gasteiger partial charge in [-0.3, -0.25) is 9.63 Å². The Morgan fingerprint density at radius 2 is 2.15 bits per heavy atom. The first-order chi connectivity index (χ1) is 6.29. The molecule has 1 aliphatic rings. The van der Waals surface area contributed by atoms with Crippen molar-refractivity contribution < 1.29 is 9.63 Å². The summed E-state index contributed by atoms with van der Waals surface area (Å²) in [7, 11) is 0. The smallest absolute Gasteiger partial charge is 0.253 e. The second-order valence-corrected chi connectivity index (χ2v) is 3.13. The van der Waals surface area contributed by atoms with Gasteiger partial charge in [-0.2, -0.15) is 5.06 Å². The number of carbonyl (C=O) groups excluding carboxylic acids is 1. The summed E-state index contributed by atoms with van der Waals surface area (Å²) in [5.41, 5.74) is 0.617. The van der Waals surface area contributed by atoms with Crippen LogP contribution in [0, 0.1) is 0 Å². The minimum absolute atomic E-state index is 0.0481. The molecule has 0 N–H and O–H groups in total. The first-order valence-electron chi connectivity index (χ1n) is 3.99. The number of rotatable bonds is 1. The van der Waals surface area contributed by atoms with Crippen LogP contribution in [0.1, 0.15) is 6.42 Å². The third kappa shape index (κ3) is 1.53. The number of amides is 1. The average Bonchev–Trinajstić information content (AvgIpc) is 2.52. The quantitative estimate of drug-likeness (QED) is 0.689. The van der Waals surface area contributed by atoms with Crippen LogP contribution in [-0.2, 0) is 9.63 Å². The molecule has 68 valence electrons. The van der Waals surface area contributed by atoms with Gasteiger partial charge in [0, 0.05) is 0 Å². The third-order valence-electron chi connectivity index (χ3n) is 1.83. The van der Waals surface area contributed by atoms with E-state index in [9.17, 15) is 4.79 Å². The summed E-state index contributed by atoms with van der Waals surface area (Å²) in [6.45, 7) is 0.435. The molecule has 4 heteroatoms. The summed E-state index contributed by atoms with van der Waals surface area (Å²) in [5.74, 6) is -0.0481. The molecule has 1 aliphatic heterocycles. The van der Waals surface area contributed by atoms with E-state index in [2.05, 4.69) is 0 Å². The van der Waals surface area contributed by atoms with Crippen LogP contribution in [0.3, 0.4) is 0 Å². The van der Waals surface area contributed by atoms with Gasteiger partial charge in [-0.15, -0.1) is 0 Å². The lowest BCUT2D eigenvalue weighted by molar-refractivity contribution is -0.119. The van der Waals surface area contributed by atoms with Crippen molar-refractivity contribution in [2.45, 2.75) is 6.42 Å². The van der Waals surface area contributed by atoms with Crippen LogP contribution in [0.15, 0.2) is 24.3 Å². The second-order valence-electron chi connectivity index (χ2n) is 2.72. The van der Waals surface area contributed by atoms with Gasteiger partial charge < -0.3 is 0 Å². The van der Waals surface area contributed by atoms with Gasteiger partial charge in [-0.1, -0.05) is 23.7 Å². The normalized spacial score (nSPS) is 16.7. The lowest BCUT2D eigenvalue weighted by atomic mass is 10.3. The molecule has 0 spiro atoms. The monoisotopic (exact) mass is 197 g/mol. The molecule has 0 unspecified atom stereocenters. The number of hydrogen-bond donors (Lipinski definition) is 0. The maximum absolute atomic E-state index is 11.3. The van der Waals surface area contributed by atoms with E-state index in [1.54, 1.807) is 12.1 Å². The summed E-state index contributed by atoms with van der Waals surface area (Å²) in [6.07, 6.45) is 0.422. The van der Waals surface area contributed by atoms with Gasteiger partial charge in [0.25, 0.3) is 5.91 Å². The fraction of sp³-hybridized carbons (Fsp3) is 0.222. The molecule has 13 heavy (non-hydrogen) atoms. The van der Waals surface area contributed by atoms with Crippen LogP contribution in [0.25, 0.3) is 0 Å². The molecule has 1 aromatic rings. The van der Waals surface area contributed by atoms with Crippen molar-refractivity contribution in [3.8, 4) is 0 Å². The highest BCUT2D eigenvalue weighted by atomic mass is 35.5. The third-order valence-corrected chi connectivity index (χ3v) is 2.15. The van der Waals surface area contributed by atoms with Crippen LogP contribution in [0.2, 0.25) is 5.02 Å². The largest absolute Gasteiger partial charge is 0.272 e. The van der Waals surface area contributed by atoms with Crippen molar-refractivity contribution in [2.75, 3.05) is 11.7 Å². The number of hydrogen-bond acceptors (Lipinski definition) is 2. The lowest BCUT2D eigenvalue weighted by Crippen LogP contribution is -2.22. The number of nitrogens with zero attached hydrogens (tertiary/aromatic N) is 1. The Labute approximate surface area is 80.8 Å². The topological polar surface area (TPSA) is 29.5 Å². The Morgan fingerprint density at radius 3 is 2.77 bits per heavy atom. The Bertz CT molecular complexity index is 340. The highest BCUT2D eigenvalue weighted by molar-refractivity contribution is 6.33. The zero-order valence-corrected chi connectivity index (χ0v) is 7.62. The van der Waals surface area contributed by atoms with E-state index >= 15 is 0 Å². The molecule has 0 bridgehead atoms. The lowest BCUT2D eigenvalue weighted by Gasteiger charge is -2.14. The molecule has 1 fully saturated rings. The van der Waals surface area contributed by atoms with E-state index in [0.717, 1.165) is 0 Å².